The molecule has 3 aromatic carbocycles. The van der Waals surface area contributed by atoms with Crippen LogP contribution >= 0.6 is 0 Å². The first-order valence-electron chi connectivity index (χ1n) is 13.0. The molecule has 0 saturated heterocycles. The number of ether oxygens (including phenoxy) is 1. The van der Waals surface area contributed by atoms with Gasteiger partial charge in [0, 0.05) is 12.6 Å². The highest BCUT2D eigenvalue weighted by Gasteiger charge is 2.33. The van der Waals surface area contributed by atoms with E-state index in [1.54, 1.807) is 50.2 Å². The monoisotopic (exact) mass is 551 g/mol. The van der Waals surface area contributed by atoms with Crippen LogP contribution in [0.5, 0.6) is 5.75 Å². The second-order valence-electron chi connectivity index (χ2n) is 9.57. The van der Waals surface area contributed by atoms with Crippen LogP contribution < -0.4 is 14.4 Å². The predicted molar refractivity (Wildman–Crippen MR) is 153 cm³/mol. The Balaban J connectivity index is 2.07. The van der Waals surface area contributed by atoms with Gasteiger partial charge in [0.1, 0.15) is 18.3 Å². The average Bonchev–Trinajstić information content (AvgIpc) is 2.91. The molecule has 0 unspecified atom stereocenters. The summed E-state index contributed by atoms with van der Waals surface area (Å²) in [5.41, 5.74) is 1.97. The quantitative estimate of drug-likeness (QED) is 0.357. The fraction of sp³-hybridized carbons (Fsp3) is 0.333. The summed E-state index contributed by atoms with van der Waals surface area (Å²) in [6.07, 6.45) is 0. The maximum absolute atomic E-state index is 14.0. The minimum absolute atomic E-state index is 0.0485. The molecule has 0 aliphatic carbocycles. The van der Waals surface area contributed by atoms with Crippen molar-refractivity contribution in [2.24, 2.45) is 0 Å². The highest BCUT2D eigenvalue weighted by Crippen LogP contribution is 2.33. The topological polar surface area (TPSA) is 96.0 Å². The van der Waals surface area contributed by atoms with Crippen LogP contribution in [0.4, 0.5) is 5.69 Å². The molecule has 0 bridgehead atoms. The number of benzene rings is 3. The molecule has 1 N–H and O–H groups in total. The van der Waals surface area contributed by atoms with Gasteiger partial charge >= 0.3 is 0 Å². The van der Waals surface area contributed by atoms with Crippen molar-refractivity contribution in [3.05, 3.63) is 90.0 Å². The van der Waals surface area contributed by atoms with Crippen molar-refractivity contribution in [3.8, 4) is 5.75 Å². The van der Waals surface area contributed by atoms with Gasteiger partial charge in [-0.1, -0.05) is 60.2 Å². The van der Waals surface area contributed by atoms with Gasteiger partial charge in [-0.25, -0.2) is 8.42 Å². The molecule has 9 heteroatoms. The Morgan fingerprint density at radius 2 is 1.51 bits per heavy atom. The number of para-hydroxylation sites is 2. The lowest BCUT2D eigenvalue weighted by molar-refractivity contribution is -0.139. The highest BCUT2D eigenvalue weighted by molar-refractivity contribution is 7.92. The molecule has 3 rings (SSSR count). The van der Waals surface area contributed by atoms with Gasteiger partial charge in [0.05, 0.1) is 17.2 Å². The third-order valence-corrected chi connectivity index (χ3v) is 7.89. The van der Waals surface area contributed by atoms with E-state index in [1.165, 1.54) is 17.0 Å². The summed E-state index contributed by atoms with van der Waals surface area (Å²) in [5.74, 6) is -0.507. The number of rotatable bonds is 12. The molecule has 3 aromatic rings. The second-order valence-corrected chi connectivity index (χ2v) is 11.4. The van der Waals surface area contributed by atoms with E-state index in [1.807, 2.05) is 51.1 Å². The summed E-state index contributed by atoms with van der Waals surface area (Å²) in [7, 11) is -4.17. The van der Waals surface area contributed by atoms with Crippen molar-refractivity contribution in [1.82, 2.24) is 10.2 Å². The van der Waals surface area contributed by atoms with Gasteiger partial charge in [-0.3, -0.25) is 13.9 Å². The van der Waals surface area contributed by atoms with E-state index in [0.717, 1.165) is 15.4 Å². The van der Waals surface area contributed by atoms with Crippen LogP contribution in [0.1, 0.15) is 38.8 Å². The number of nitrogens with zero attached hydrogens (tertiary/aromatic N) is 2. The lowest BCUT2D eigenvalue weighted by Gasteiger charge is -2.32. The van der Waals surface area contributed by atoms with Crippen molar-refractivity contribution in [1.29, 1.82) is 0 Å². The zero-order chi connectivity index (χ0) is 28.6. The van der Waals surface area contributed by atoms with Crippen LogP contribution in [0, 0.1) is 6.92 Å². The molecule has 0 spiro atoms. The van der Waals surface area contributed by atoms with Crippen LogP contribution in [-0.2, 0) is 26.2 Å². The number of hydrogen-bond acceptors (Lipinski definition) is 5. The van der Waals surface area contributed by atoms with Crippen molar-refractivity contribution in [2.75, 3.05) is 17.5 Å². The van der Waals surface area contributed by atoms with E-state index < -0.39 is 28.5 Å². The average molecular weight is 552 g/mol. The van der Waals surface area contributed by atoms with Crippen LogP contribution in [0.2, 0.25) is 0 Å². The summed E-state index contributed by atoms with van der Waals surface area (Å²) in [6, 6.07) is 21.5. The Morgan fingerprint density at radius 1 is 0.897 bits per heavy atom. The van der Waals surface area contributed by atoms with Crippen LogP contribution in [0.3, 0.4) is 0 Å². The minimum atomic E-state index is -4.17. The van der Waals surface area contributed by atoms with Crippen LogP contribution in [-0.4, -0.2) is 50.4 Å². The number of carbonyl (C=O) groups is 2. The van der Waals surface area contributed by atoms with Crippen LogP contribution in [0.15, 0.2) is 83.8 Å². The van der Waals surface area contributed by atoms with E-state index >= 15 is 0 Å². The van der Waals surface area contributed by atoms with E-state index in [0.29, 0.717) is 12.4 Å². The summed E-state index contributed by atoms with van der Waals surface area (Å²) in [6.45, 7) is 8.93. The summed E-state index contributed by atoms with van der Waals surface area (Å²) in [4.78, 5) is 28.4. The number of sulfonamides is 1. The molecule has 0 aliphatic heterocycles. The van der Waals surface area contributed by atoms with Crippen molar-refractivity contribution < 1.29 is 22.7 Å². The Kier molecular flexibility index (Phi) is 10.1. The molecule has 208 valence electrons. The first kappa shape index (κ1) is 29.7. The lowest BCUT2D eigenvalue weighted by atomic mass is 10.1. The van der Waals surface area contributed by atoms with E-state index in [9.17, 15) is 18.0 Å². The number of anilines is 1. The highest BCUT2D eigenvalue weighted by atomic mass is 32.2. The lowest BCUT2D eigenvalue weighted by Crippen LogP contribution is -2.52. The van der Waals surface area contributed by atoms with Gasteiger partial charge in [0.25, 0.3) is 10.0 Å². The zero-order valence-electron chi connectivity index (χ0n) is 23.1. The minimum Gasteiger partial charge on any atom is -0.492 e. The van der Waals surface area contributed by atoms with E-state index in [2.05, 4.69) is 5.32 Å². The van der Waals surface area contributed by atoms with E-state index in [4.69, 9.17) is 4.74 Å². The Hall–Kier alpha value is -3.85. The zero-order valence-corrected chi connectivity index (χ0v) is 23.9. The smallest absolute Gasteiger partial charge is 0.264 e. The van der Waals surface area contributed by atoms with Gasteiger partial charge in [-0.2, -0.15) is 0 Å². The SMILES string of the molecule is CCOc1ccccc1N(CC(=O)N(Cc1ccccc1)[C@H](C)C(=O)NC(C)C)S(=O)(=O)c1ccc(C)cc1. The summed E-state index contributed by atoms with van der Waals surface area (Å²) < 4.78 is 34.8. The molecule has 0 aliphatic rings. The van der Waals surface area contributed by atoms with Gasteiger partial charge in [0.2, 0.25) is 11.8 Å². The molecule has 39 heavy (non-hydrogen) atoms. The third kappa shape index (κ3) is 7.60. The van der Waals surface area contributed by atoms with Crippen molar-refractivity contribution >= 4 is 27.5 Å². The Labute approximate surface area is 231 Å². The first-order chi connectivity index (χ1) is 18.5. The molecular formula is C30H37N3O5S. The maximum Gasteiger partial charge on any atom is 0.264 e. The van der Waals surface area contributed by atoms with E-state index in [-0.39, 0.29) is 29.1 Å². The molecule has 0 saturated carbocycles. The summed E-state index contributed by atoms with van der Waals surface area (Å²) >= 11 is 0. The Bertz CT molecular complexity index is 1360. The second kappa shape index (κ2) is 13.3. The third-order valence-electron chi connectivity index (χ3n) is 6.12. The number of carbonyl (C=O) groups excluding carboxylic acids is 2. The predicted octanol–water partition coefficient (Wildman–Crippen LogP) is 4.53. The molecular weight excluding hydrogens is 514 g/mol. The molecule has 2 amide bonds. The van der Waals surface area contributed by atoms with Gasteiger partial charge in [-0.15, -0.1) is 0 Å². The number of amides is 2. The maximum atomic E-state index is 14.0. The summed E-state index contributed by atoms with van der Waals surface area (Å²) in [5, 5.41) is 2.85. The van der Waals surface area contributed by atoms with Crippen molar-refractivity contribution in [3.63, 3.8) is 0 Å². The van der Waals surface area contributed by atoms with Crippen LogP contribution in [0.25, 0.3) is 0 Å². The molecule has 1 atom stereocenters. The normalized spacial score (nSPS) is 12.1. The fourth-order valence-corrected chi connectivity index (χ4v) is 5.48. The largest absolute Gasteiger partial charge is 0.492 e. The standard InChI is InChI=1S/C30H37N3O5S/c1-6-38-28-15-11-10-14-27(28)33(39(36,37)26-18-16-23(4)17-19-26)21-29(34)32(20-25-12-8-7-9-13-25)24(5)30(35)31-22(2)3/h7-19,22,24H,6,20-21H2,1-5H3,(H,31,35)/t24-/m1/s1. The molecule has 0 fully saturated rings. The number of hydrogen-bond donors (Lipinski definition) is 1. The number of aryl methyl sites for hydroxylation is 1. The molecule has 0 aromatic heterocycles. The van der Waals surface area contributed by atoms with Gasteiger partial charge in [-0.05, 0) is 64.4 Å². The molecule has 8 nitrogen and oxygen atoms in total. The molecule has 0 heterocycles. The molecule has 0 radical (unpaired) electrons. The van der Waals surface area contributed by atoms with Gasteiger partial charge < -0.3 is 15.0 Å². The van der Waals surface area contributed by atoms with Crippen molar-refractivity contribution in [2.45, 2.75) is 58.1 Å². The first-order valence-corrected chi connectivity index (χ1v) is 14.4. The fourth-order valence-electron chi connectivity index (χ4n) is 4.06. The van der Waals surface area contributed by atoms with Gasteiger partial charge in [0.15, 0.2) is 0 Å². The Morgan fingerprint density at radius 3 is 2.13 bits per heavy atom. The number of nitrogens with one attached hydrogen (secondary N) is 1.